The van der Waals surface area contributed by atoms with Gasteiger partial charge < -0.3 is 20.5 Å². The van der Waals surface area contributed by atoms with Crippen LogP contribution in [-0.2, 0) is 9.53 Å². The summed E-state index contributed by atoms with van der Waals surface area (Å²) in [6, 6.07) is 2.43. The molecule has 26 heavy (non-hydrogen) atoms. The van der Waals surface area contributed by atoms with Crippen LogP contribution in [0.25, 0.3) is 0 Å². The molecule has 0 atom stereocenters. The number of rotatable bonds is 7. The van der Waals surface area contributed by atoms with E-state index in [-0.39, 0.29) is 36.8 Å². The molecule has 1 aliphatic rings. The van der Waals surface area contributed by atoms with Crippen molar-refractivity contribution in [3.05, 3.63) is 29.3 Å². The first kappa shape index (κ1) is 20.1. The third-order valence-corrected chi connectivity index (χ3v) is 4.31. The number of ether oxygens (including phenoxy) is 2. The molecule has 0 aromatic heterocycles. The van der Waals surface area contributed by atoms with Crippen molar-refractivity contribution in [2.45, 2.75) is 38.7 Å². The zero-order valence-electron chi connectivity index (χ0n) is 14.7. The number of amides is 1. The van der Waals surface area contributed by atoms with Crippen molar-refractivity contribution in [2.75, 3.05) is 19.7 Å². The molecular weight excluding hydrogens is 346 g/mol. The predicted octanol–water partition coefficient (Wildman–Crippen LogP) is 2.15. The van der Waals surface area contributed by atoms with Crippen LogP contribution in [0.4, 0.5) is 8.78 Å². The summed E-state index contributed by atoms with van der Waals surface area (Å²) in [6.07, 6.45) is 1.93. The quantitative estimate of drug-likeness (QED) is 0.718. The van der Waals surface area contributed by atoms with Gasteiger partial charge in [0.25, 0.3) is 5.91 Å². The lowest BCUT2D eigenvalue weighted by Crippen LogP contribution is -2.30. The minimum Gasteiger partial charge on any atom is -0.487 e. The highest BCUT2D eigenvalue weighted by Crippen LogP contribution is 2.30. The molecule has 1 saturated carbocycles. The van der Waals surface area contributed by atoms with Crippen molar-refractivity contribution in [1.82, 2.24) is 5.32 Å². The van der Waals surface area contributed by atoms with Crippen molar-refractivity contribution in [3.63, 3.8) is 0 Å². The molecule has 1 aromatic carbocycles. The largest absolute Gasteiger partial charge is 0.487 e. The summed E-state index contributed by atoms with van der Waals surface area (Å²) in [4.78, 5) is 23.5. The molecule has 0 bridgehead atoms. The molecule has 0 unspecified atom stereocenters. The summed E-state index contributed by atoms with van der Waals surface area (Å²) in [5, 5.41) is 2.39. The number of hydrogen-bond acceptors (Lipinski definition) is 5. The molecule has 1 aliphatic carbocycles. The Bertz CT molecular complexity index is 646. The topological polar surface area (TPSA) is 90.6 Å². The van der Waals surface area contributed by atoms with Crippen LogP contribution in [0.15, 0.2) is 12.1 Å². The summed E-state index contributed by atoms with van der Waals surface area (Å²) in [7, 11) is 0. The highest BCUT2D eigenvalue weighted by atomic mass is 19.2. The van der Waals surface area contributed by atoms with Gasteiger partial charge in [-0.2, -0.15) is 4.39 Å². The van der Waals surface area contributed by atoms with E-state index in [4.69, 9.17) is 15.2 Å². The number of carbonyl (C=O) groups excluding carboxylic acids is 2. The first-order chi connectivity index (χ1) is 12.5. The molecular formula is C18H24F2N2O4. The lowest BCUT2D eigenvalue weighted by Gasteiger charge is -2.28. The highest BCUT2D eigenvalue weighted by Gasteiger charge is 2.29. The van der Waals surface area contributed by atoms with Gasteiger partial charge >= 0.3 is 5.97 Å². The maximum absolute atomic E-state index is 14.2. The van der Waals surface area contributed by atoms with Crippen LogP contribution in [0.3, 0.4) is 0 Å². The van der Waals surface area contributed by atoms with E-state index in [0.717, 1.165) is 0 Å². The van der Waals surface area contributed by atoms with Crippen molar-refractivity contribution in [1.29, 1.82) is 0 Å². The fraction of sp³-hybridized carbons (Fsp3) is 0.556. The van der Waals surface area contributed by atoms with Gasteiger partial charge in [0.2, 0.25) is 5.82 Å². The van der Waals surface area contributed by atoms with E-state index in [1.54, 1.807) is 6.92 Å². The molecule has 144 valence electrons. The van der Waals surface area contributed by atoms with Gasteiger partial charge in [0.05, 0.1) is 24.2 Å². The summed E-state index contributed by atoms with van der Waals surface area (Å²) in [5.41, 5.74) is 4.87. The zero-order chi connectivity index (χ0) is 19.1. The average Bonchev–Trinajstić information content (AvgIpc) is 2.64. The second-order valence-electron chi connectivity index (χ2n) is 6.13. The number of nitrogens with one attached hydrogen (secondary N) is 1. The normalized spacial score (nSPS) is 19.7. The molecule has 8 heteroatoms. The van der Waals surface area contributed by atoms with Gasteiger partial charge in [-0.25, -0.2) is 4.39 Å². The average molecular weight is 370 g/mol. The number of carbonyl (C=O) groups is 2. The molecule has 2 rings (SSSR count). The van der Waals surface area contributed by atoms with Crippen LogP contribution in [-0.4, -0.2) is 37.7 Å². The second kappa shape index (κ2) is 9.47. The van der Waals surface area contributed by atoms with Gasteiger partial charge in [0.1, 0.15) is 0 Å². The van der Waals surface area contributed by atoms with Crippen molar-refractivity contribution < 1.29 is 27.8 Å². The molecule has 0 radical (unpaired) electrons. The summed E-state index contributed by atoms with van der Waals surface area (Å²) >= 11 is 0. The standard InChI is InChI=1S/C18H24F2N2O4/c1-2-25-18(24)11-3-5-12(6-4-11)26-14-8-7-13(15(19)16(14)20)17(23)22-10-9-21/h7-8,11-12H,2-6,9-10,21H2,1H3,(H,22,23). The fourth-order valence-electron chi connectivity index (χ4n) is 2.94. The summed E-state index contributed by atoms with van der Waals surface area (Å²) in [6.45, 7) is 2.46. The number of nitrogens with two attached hydrogens (primary N) is 1. The minimum absolute atomic E-state index is 0.169. The van der Waals surface area contributed by atoms with E-state index in [2.05, 4.69) is 5.32 Å². The van der Waals surface area contributed by atoms with E-state index >= 15 is 0 Å². The van der Waals surface area contributed by atoms with Crippen LogP contribution in [0.1, 0.15) is 43.0 Å². The predicted molar refractivity (Wildman–Crippen MR) is 90.8 cm³/mol. The van der Waals surface area contributed by atoms with Crippen LogP contribution in [0.2, 0.25) is 0 Å². The van der Waals surface area contributed by atoms with E-state index < -0.39 is 23.1 Å². The van der Waals surface area contributed by atoms with Crippen molar-refractivity contribution in [3.8, 4) is 5.75 Å². The molecule has 1 aromatic rings. The Balaban J connectivity index is 1.97. The van der Waals surface area contributed by atoms with Crippen molar-refractivity contribution >= 4 is 11.9 Å². The Labute approximate surface area is 151 Å². The van der Waals surface area contributed by atoms with Gasteiger partial charge in [-0.15, -0.1) is 0 Å². The number of hydrogen-bond donors (Lipinski definition) is 2. The number of esters is 1. The zero-order valence-corrected chi connectivity index (χ0v) is 14.7. The molecule has 1 fully saturated rings. The Morgan fingerprint density at radius 1 is 1.19 bits per heavy atom. The monoisotopic (exact) mass is 370 g/mol. The van der Waals surface area contributed by atoms with E-state index in [1.165, 1.54) is 12.1 Å². The van der Waals surface area contributed by atoms with Crippen molar-refractivity contribution in [2.24, 2.45) is 11.7 Å². The maximum Gasteiger partial charge on any atom is 0.308 e. The molecule has 3 N–H and O–H groups in total. The van der Waals surface area contributed by atoms with Gasteiger partial charge in [0.15, 0.2) is 11.6 Å². The molecule has 6 nitrogen and oxygen atoms in total. The van der Waals surface area contributed by atoms with Crippen LogP contribution >= 0.6 is 0 Å². The molecule has 0 spiro atoms. The van der Waals surface area contributed by atoms with E-state index in [0.29, 0.717) is 32.3 Å². The molecule has 1 amide bonds. The minimum atomic E-state index is -1.25. The van der Waals surface area contributed by atoms with E-state index in [9.17, 15) is 18.4 Å². The smallest absolute Gasteiger partial charge is 0.308 e. The maximum atomic E-state index is 14.2. The third-order valence-electron chi connectivity index (χ3n) is 4.31. The van der Waals surface area contributed by atoms with Gasteiger partial charge in [-0.3, -0.25) is 9.59 Å². The Morgan fingerprint density at radius 3 is 2.50 bits per heavy atom. The first-order valence-corrected chi connectivity index (χ1v) is 8.77. The summed E-state index contributed by atoms with van der Waals surface area (Å²) < 4.78 is 38.9. The molecule has 0 heterocycles. The Hall–Kier alpha value is -2.22. The van der Waals surface area contributed by atoms with Gasteiger partial charge in [0, 0.05) is 13.1 Å². The molecule has 0 saturated heterocycles. The lowest BCUT2D eigenvalue weighted by molar-refractivity contribution is -0.149. The number of halogens is 2. The fourth-order valence-corrected chi connectivity index (χ4v) is 2.94. The van der Waals surface area contributed by atoms with E-state index in [1.807, 2.05) is 0 Å². The Morgan fingerprint density at radius 2 is 1.88 bits per heavy atom. The Kier molecular flexibility index (Phi) is 7.32. The molecule has 0 aliphatic heterocycles. The van der Waals surface area contributed by atoms with Crippen LogP contribution < -0.4 is 15.8 Å². The summed E-state index contributed by atoms with van der Waals surface area (Å²) in [5.74, 6) is -3.82. The van der Waals surface area contributed by atoms with Crippen LogP contribution in [0, 0.1) is 17.6 Å². The second-order valence-corrected chi connectivity index (χ2v) is 6.13. The van der Waals surface area contributed by atoms with Crippen LogP contribution in [0.5, 0.6) is 5.75 Å². The third kappa shape index (κ3) is 4.91. The first-order valence-electron chi connectivity index (χ1n) is 8.77. The highest BCUT2D eigenvalue weighted by molar-refractivity contribution is 5.94. The lowest BCUT2D eigenvalue weighted by atomic mass is 9.87. The SMILES string of the molecule is CCOC(=O)C1CCC(Oc2ccc(C(=O)NCCN)c(F)c2F)CC1. The van der Waals surface area contributed by atoms with Gasteiger partial charge in [-0.1, -0.05) is 0 Å². The number of benzene rings is 1. The van der Waals surface area contributed by atoms with Gasteiger partial charge in [-0.05, 0) is 44.7 Å².